The van der Waals surface area contributed by atoms with Crippen molar-refractivity contribution in [3.8, 4) is 0 Å². The second-order valence-corrected chi connectivity index (χ2v) is 3.60. The summed E-state index contributed by atoms with van der Waals surface area (Å²) in [6.07, 6.45) is 5.38. The highest BCUT2D eigenvalue weighted by Gasteiger charge is 2.05. The first-order valence-electron chi connectivity index (χ1n) is 3.85. The van der Waals surface area contributed by atoms with Crippen LogP contribution in [-0.4, -0.2) is 9.38 Å². The first kappa shape index (κ1) is 7.15. The van der Waals surface area contributed by atoms with E-state index in [1.165, 1.54) is 0 Å². The third-order valence-electron chi connectivity index (χ3n) is 2.06. The summed E-state index contributed by atoms with van der Waals surface area (Å²) in [6, 6.07) is 3.85. The number of halogens is 1. The van der Waals surface area contributed by atoms with Crippen LogP contribution in [0.3, 0.4) is 0 Å². The lowest BCUT2D eigenvalue weighted by molar-refractivity contribution is 0.615. The van der Waals surface area contributed by atoms with Gasteiger partial charge >= 0.3 is 0 Å². The van der Waals surface area contributed by atoms with Crippen LogP contribution in [-0.2, 0) is 0 Å². The third-order valence-corrected chi connectivity index (χ3v) is 2.65. The lowest BCUT2D eigenvalue weighted by Crippen LogP contribution is -1.83. The van der Waals surface area contributed by atoms with Gasteiger partial charge in [-0.05, 0) is 28.1 Å². The summed E-state index contributed by atoms with van der Waals surface area (Å²) in [5, 5.41) is 1.04. The highest BCUT2D eigenvalue weighted by atomic mass is 79.9. The van der Waals surface area contributed by atoms with Crippen LogP contribution in [0, 0.1) is 0 Å². The Labute approximate surface area is 82.1 Å². The van der Waals surface area contributed by atoms with Crippen molar-refractivity contribution in [1.82, 2.24) is 9.38 Å². The predicted molar refractivity (Wildman–Crippen MR) is 52.7 cm³/mol. The fraction of sp³-hybridized carbons (Fsp3) is 0. The minimum atomic E-state index is 0.866. The molecule has 3 aromatic heterocycles. The normalized spacial score (nSPS) is 11.5. The quantitative estimate of drug-likeness (QED) is 0.601. The highest BCUT2D eigenvalue weighted by molar-refractivity contribution is 9.10. The van der Waals surface area contributed by atoms with E-state index in [-0.39, 0.29) is 0 Å². The van der Waals surface area contributed by atoms with Gasteiger partial charge in [0, 0.05) is 6.20 Å². The molecule has 0 saturated heterocycles. The second kappa shape index (κ2) is 2.35. The maximum absolute atomic E-state index is 5.27. The van der Waals surface area contributed by atoms with Crippen molar-refractivity contribution in [2.45, 2.75) is 0 Å². The molecule has 4 heteroatoms. The summed E-state index contributed by atoms with van der Waals surface area (Å²) >= 11 is 3.41. The van der Waals surface area contributed by atoms with Crippen LogP contribution in [0.15, 0.2) is 39.8 Å². The van der Waals surface area contributed by atoms with E-state index in [2.05, 4.69) is 20.9 Å². The Kier molecular flexibility index (Phi) is 1.29. The van der Waals surface area contributed by atoms with Crippen LogP contribution in [0.1, 0.15) is 0 Å². The van der Waals surface area contributed by atoms with Gasteiger partial charge in [-0.2, -0.15) is 0 Å². The zero-order valence-corrected chi connectivity index (χ0v) is 8.15. The van der Waals surface area contributed by atoms with Crippen LogP contribution in [0.2, 0.25) is 0 Å². The highest BCUT2D eigenvalue weighted by Crippen LogP contribution is 2.22. The molecule has 0 aliphatic rings. The van der Waals surface area contributed by atoms with E-state index in [1.807, 2.05) is 22.7 Å². The van der Waals surface area contributed by atoms with E-state index < -0.39 is 0 Å². The van der Waals surface area contributed by atoms with Gasteiger partial charge in [0.25, 0.3) is 0 Å². The van der Waals surface area contributed by atoms with Gasteiger partial charge in [-0.25, -0.2) is 4.98 Å². The minimum absolute atomic E-state index is 0.866. The molecular weight excluding hydrogens is 232 g/mol. The molecule has 0 fully saturated rings. The Hall–Kier alpha value is -1.29. The van der Waals surface area contributed by atoms with E-state index >= 15 is 0 Å². The Balaban J connectivity index is 2.66. The monoisotopic (exact) mass is 236 g/mol. The zero-order valence-electron chi connectivity index (χ0n) is 6.57. The van der Waals surface area contributed by atoms with E-state index in [1.54, 1.807) is 12.5 Å². The standard InChI is InChI=1S/C9H5BrN2O/c10-8-5-11-9-6-2-4-13-7(6)1-3-12(8)9/h1-5H. The zero-order chi connectivity index (χ0) is 8.84. The maximum atomic E-state index is 5.27. The van der Waals surface area contributed by atoms with Crippen molar-refractivity contribution in [3.63, 3.8) is 0 Å². The van der Waals surface area contributed by atoms with Crippen LogP contribution >= 0.6 is 15.9 Å². The van der Waals surface area contributed by atoms with Gasteiger partial charge in [0.15, 0.2) is 0 Å². The van der Waals surface area contributed by atoms with E-state index in [4.69, 9.17) is 4.42 Å². The first-order valence-corrected chi connectivity index (χ1v) is 4.64. The Morgan fingerprint density at radius 2 is 2.31 bits per heavy atom. The molecule has 0 amide bonds. The van der Waals surface area contributed by atoms with Gasteiger partial charge < -0.3 is 4.42 Å². The molecule has 0 aliphatic heterocycles. The molecular formula is C9H5BrN2O. The van der Waals surface area contributed by atoms with E-state index in [9.17, 15) is 0 Å². The molecule has 3 nitrogen and oxygen atoms in total. The average Bonchev–Trinajstić information content (AvgIpc) is 2.70. The van der Waals surface area contributed by atoms with Crippen molar-refractivity contribution in [2.75, 3.05) is 0 Å². The summed E-state index contributed by atoms with van der Waals surface area (Å²) in [5.41, 5.74) is 1.78. The summed E-state index contributed by atoms with van der Waals surface area (Å²) in [6.45, 7) is 0. The maximum Gasteiger partial charge on any atom is 0.148 e. The number of hydrogen-bond donors (Lipinski definition) is 0. The van der Waals surface area contributed by atoms with Gasteiger partial charge in [0.2, 0.25) is 0 Å². The van der Waals surface area contributed by atoms with Crippen molar-refractivity contribution in [1.29, 1.82) is 0 Å². The number of hydrogen-bond acceptors (Lipinski definition) is 2. The third kappa shape index (κ3) is 0.862. The second-order valence-electron chi connectivity index (χ2n) is 2.79. The summed E-state index contributed by atoms with van der Waals surface area (Å²) in [4.78, 5) is 4.27. The molecule has 64 valence electrons. The van der Waals surface area contributed by atoms with Crippen LogP contribution < -0.4 is 0 Å². The molecule has 0 N–H and O–H groups in total. The molecule has 0 atom stereocenters. The summed E-state index contributed by atoms with van der Waals surface area (Å²) in [7, 11) is 0. The number of imidazole rings is 1. The van der Waals surface area contributed by atoms with Gasteiger partial charge in [-0.15, -0.1) is 0 Å². The van der Waals surface area contributed by atoms with Gasteiger partial charge in [-0.3, -0.25) is 4.40 Å². The number of furan rings is 1. The number of aromatic nitrogens is 2. The molecule has 0 bridgehead atoms. The van der Waals surface area contributed by atoms with Crippen molar-refractivity contribution in [2.24, 2.45) is 0 Å². The fourth-order valence-electron chi connectivity index (χ4n) is 1.46. The molecule has 0 aromatic carbocycles. The largest absolute Gasteiger partial charge is 0.464 e. The average molecular weight is 237 g/mol. The molecule has 13 heavy (non-hydrogen) atoms. The molecule has 0 radical (unpaired) electrons. The van der Waals surface area contributed by atoms with Crippen molar-refractivity contribution in [3.05, 3.63) is 35.4 Å². The molecule has 0 saturated carbocycles. The summed E-state index contributed by atoms with van der Waals surface area (Å²) in [5.74, 6) is 0. The van der Waals surface area contributed by atoms with E-state index in [0.717, 1.165) is 21.2 Å². The molecule has 0 spiro atoms. The van der Waals surface area contributed by atoms with Crippen molar-refractivity contribution < 1.29 is 4.42 Å². The summed E-state index contributed by atoms with van der Waals surface area (Å²) < 4.78 is 8.19. The first-order chi connectivity index (χ1) is 6.36. The Morgan fingerprint density at radius 1 is 1.38 bits per heavy atom. The van der Waals surface area contributed by atoms with E-state index in [0.29, 0.717) is 0 Å². The smallest absolute Gasteiger partial charge is 0.148 e. The van der Waals surface area contributed by atoms with Crippen LogP contribution in [0.4, 0.5) is 0 Å². The van der Waals surface area contributed by atoms with Crippen molar-refractivity contribution >= 4 is 32.5 Å². The Bertz CT molecular complexity index is 581. The number of rotatable bonds is 0. The fourth-order valence-corrected chi connectivity index (χ4v) is 1.85. The number of pyridine rings is 1. The molecule has 0 unspecified atom stereocenters. The molecule has 3 heterocycles. The lowest BCUT2D eigenvalue weighted by Gasteiger charge is -1.94. The predicted octanol–water partition coefficient (Wildman–Crippen LogP) is 2.84. The Morgan fingerprint density at radius 3 is 3.23 bits per heavy atom. The van der Waals surface area contributed by atoms with Gasteiger partial charge in [0.05, 0.1) is 17.8 Å². The molecule has 3 rings (SSSR count). The SMILES string of the molecule is Brc1cnc2c3ccoc3ccn12. The topological polar surface area (TPSA) is 30.4 Å². The van der Waals surface area contributed by atoms with Gasteiger partial charge in [-0.1, -0.05) is 0 Å². The lowest BCUT2D eigenvalue weighted by atomic mass is 10.3. The molecule has 3 aromatic rings. The number of nitrogens with zero attached hydrogens (tertiary/aromatic N) is 2. The number of fused-ring (bicyclic) bond motifs is 3. The van der Waals surface area contributed by atoms with Crippen LogP contribution in [0.5, 0.6) is 0 Å². The molecule has 0 aliphatic carbocycles. The minimum Gasteiger partial charge on any atom is -0.464 e. The van der Waals surface area contributed by atoms with Gasteiger partial charge in [0.1, 0.15) is 15.8 Å². The van der Waals surface area contributed by atoms with Crippen LogP contribution in [0.25, 0.3) is 16.6 Å².